The maximum atomic E-state index is 14.8. The highest BCUT2D eigenvalue weighted by Crippen LogP contribution is 2.31. The van der Waals surface area contributed by atoms with Crippen molar-refractivity contribution in [2.45, 2.75) is 12.3 Å². The molecule has 170 valence electrons. The van der Waals surface area contributed by atoms with Gasteiger partial charge in [0, 0.05) is 46.0 Å². The molecule has 0 aliphatic carbocycles. The monoisotopic (exact) mass is 438 g/mol. The zero-order chi connectivity index (χ0) is 22.0. The molecule has 3 aliphatic rings. The van der Waals surface area contributed by atoms with Crippen molar-refractivity contribution in [1.29, 1.82) is 0 Å². The molecule has 0 spiro atoms. The molecule has 5 N–H and O–H groups in total. The Morgan fingerprint density at radius 3 is 2.84 bits per heavy atom. The first-order valence-electron chi connectivity index (χ1n) is 10.3. The van der Waals surface area contributed by atoms with Crippen molar-refractivity contribution in [3.05, 3.63) is 30.2 Å². The molecule has 4 rings (SSSR count). The number of hydrazine groups is 1. The second-order valence-electron chi connectivity index (χ2n) is 7.84. The Morgan fingerprint density at radius 2 is 2.10 bits per heavy atom. The van der Waals surface area contributed by atoms with Crippen molar-refractivity contribution in [1.82, 2.24) is 25.6 Å². The summed E-state index contributed by atoms with van der Waals surface area (Å²) in [5, 5.41) is 7.20. The van der Waals surface area contributed by atoms with Crippen LogP contribution in [0.3, 0.4) is 0 Å². The van der Waals surface area contributed by atoms with Gasteiger partial charge in [-0.15, -0.1) is 0 Å². The van der Waals surface area contributed by atoms with Crippen LogP contribution in [0.4, 0.5) is 20.2 Å². The van der Waals surface area contributed by atoms with Gasteiger partial charge in [0.25, 0.3) is 0 Å². The van der Waals surface area contributed by atoms with E-state index in [9.17, 15) is 13.6 Å². The van der Waals surface area contributed by atoms with Crippen molar-refractivity contribution in [3.8, 4) is 0 Å². The van der Waals surface area contributed by atoms with Gasteiger partial charge < -0.3 is 26.0 Å². The molecule has 3 unspecified atom stereocenters. The second-order valence-corrected chi connectivity index (χ2v) is 7.84. The van der Waals surface area contributed by atoms with E-state index in [2.05, 4.69) is 25.9 Å². The summed E-state index contributed by atoms with van der Waals surface area (Å²) < 4.78 is 33.4. The lowest BCUT2D eigenvalue weighted by molar-refractivity contribution is -0.121. The molecule has 1 aromatic rings. The Labute approximate surface area is 179 Å². The first kappa shape index (κ1) is 21.8. The molecular formula is C19H28F2N8O2. The molecule has 3 aliphatic heterocycles. The molecule has 4 heterocycles. The molecular weight excluding hydrogens is 410 g/mol. The zero-order valence-corrected chi connectivity index (χ0v) is 17.4. The number of methoxy groups -OCH3 is 1. The van der Waals surface area contributed by atoms with Crippen molar-refractivity contribution in [3.63, 3.8) is 0 Å². The summed E-state index contributed by atoms with van der Waals surface area (Å²) in [6.07, 6.45) is 2.59. The van der Waals surface area contributed by atoms with Gasteiger partial charge in [-0.25, -0.2) is 19.2 Å². The average Bonchev–Trinajstić information content (AvgIpc) is 3.07. The third-order valence-corrected chi connectivity index (χ3v) is 5.84. The minimum atomic E-state index is -0.717. The number of nitrogens with one attached hydrogen (secondary N) is 3. The summed E-state index contributed by atoms with van der Waals surface area (Å²) >= 11 is 0. The van der Waals surface area contributed by atoms with Crippen LogP contribution >= 0.6 is 0 Å². The quantitative estimate of drug-likeness (QED) is 0.462. The van der Waals surface area contributed by atoms with Crippen molar-refractivity contribution in [2.75, 3.05) is 63.2 Å². The van der Waals surface area contributed by atoms with Gasteiger partial charge >= 0.3 is 0 Å². The number of piperazine rings is 1. The standard InChI is InChI=1S/C19H28F2N8O2/c1-31-7-6-27-2-4-28(5-3-27)16-13(21)9-23-10-14(16)25-19(30)15-17(22)26-29-11-12(20)8-24-18(15)29/h8-10,15,17-18,24,26H,2-7,11,22H2,1H3,(H,25,30). The van der Waals surface area contributed by atoms with E-state index in [4.69, 9.17) is 10.5 Å². The number of halogens is 2. The third kappa shape index (κ3) is 4.62. The molecule has 0 aromatic carbocycles. The fraction of sp³-hybridized carbons (Fsp3) is 0.579. The highest BCUT2D eigenvalue weighted by atomic mass is 19.1. The minimum absolute atomic E-state index is 0.00919. The summed E-state index contributed by atoms with van der Waals surface area (Å²) in [7, 11) is 1.66. The number of hydrogen-bond acceptors (Lipinski definition) is 9. The van der Waals surface area contributed by atoms with Gasteiger partial charge in [-0.05, 0) is 0 Å². The van der Waals surface area contributed by atoms with Crippen molar-refractivity contribution < 1.29 is 18.3 Å². The average molecular weight is 438 g/mol. The number of ether oxygens (including phenoxy) is 1. The second kappa shape index (κ2) is 9.40. The van der Waals surface area contributed by atoms with Gasteiger partial charge in [0.2, 0.25) is 5.91 Å². The number of pyridine rings is 1. The van der Waals surface area contributed by atoms with Crippen molar-refractivity contribution in [2.24, 2.45) is 11.7 Å². The first-order valence-corrected chi connectivity index (χ1v) is 10.3. The molecule has 3 atom stereocenters. The van der Waals surface area contributed by atoms with Crippen molar-refractivity contribution >= 4 is 17.3 Å². The lowest BCUT2D eigenvalue weighted by Crippen LogP contribution is -2.51. The lowest BCUT2D eigenvalue weighted by Gasteiger charge is -2.37. The van der Waals surface area contributed by atoms with Gasteiger partial charge in [0.1, 0.15) is 23.6 Å². The van der Waals surface area contributed by atoms with Crippen LogP contribution in [0.15, 0.2) is 24.4 Å². The normalized spacial score (nSPS) is 26.9. The number of anilines is 2. The van der Waals surface area contributed by atoms with Crippen LogP contribution < -0.4 is 26.7 Å². The molecule has 31 heavy (non-hydrogen) atoms. The minimum Gasteiger partial charge on any atom is -0.383 e. The van der Waals surface area contributed by atoms with E-state index in [-0.39, 0.29) is 12.4 Å². The van der Waals surface area contributed by atoms with E-state index >= 15 is 0 Å². The summed E-state index contributed by atoms with van der Waals surface area (Å²) in [5.41, 5.74) is 9.60. The number of hydrogen-bond donors (Lipinski definition) is 4. The van der Waals surface area contributed by atoms with E-state index in [0.29, 0.717) is 31.1 Å². The van der Waals surface area contributed by atoms with E-state index in [1.165, 1.54) is 12.4 Å². The molecule has 0 bridgehead atoms. The number of amides is 1. The Kier molecular flexibility index (Phi) is 6.62. The Balaban J connectivity index is 1.47. The van der Waals surface area contributed by atoms with Crippen LogP contribution in [0, 0.1) is 11.7 Å². The number of rotatable bonds is 6. The maximum Gasteiger partial charge on any atom is 0.234 e. The number of nitrogens with two attached hydrogens (primary N) is 1. The maximum absolute atomic E-state index is 14.8. The number of carbonyl (C=O) groups excluding carboxylic acids is 1. The third-order valence-electron chi connectivity index (χ3n) is 5.84. The van der Waals surface area contributed by atoms with E-state index < -0.39 is 30.0 Å². The predicted octanol–water partition coefficient (Wildman–Crippen LogP) is -0.611. The van der Waals surface area contributed by atoms with Crippen LogP contribution in [0.2, 0.25) is 0 Å². The van der Waals surface area contributed by atoms with E-state index in [0.717, 1.165) is 25.8 Å². The van der Waals surface area contributed by atoms with E-state index in [1.54, 1.807) is 12.1 Å². The largest absolute Gasteiger partial charge is 0.383 e. The number of aromatic nitrogens is 1. The van der Waals surface area contributed by atoms with Crippen LogP contribution in [0.25, 0.3) is 0 Å². The zero-order valence-electron chi connectivity index (χ0n) is 17.4. The Hall–Kier alpha value is -2.38. The summed E-state index contributed by atoms with van der Waals surface area (Å²) in [6.45, 7) is 4.21. The topological polar surface area (TPSA) is 111 Å². The van der Waals surface area contributed by atoms with Gasteiger partial charge in [-0.3, -0.25) is 14.7 Å². The fourth-order valence-electron chi connectivity index (χ4n) is 4.24. The van der Waals surface area contributed by atoms with Gasteiger partial charge in [-0.1, -0.05) is 0 Å². The molecule has 10 nitrogen and oxygen atoms in total. The SMILES string of the molecule is COCCN1CCN(c2c(F)cncc2NC(=O)C2C(N)NN3CC(F)=CNC23)CC1. The highest BCUT2D eigenvalue weighted by molar-refractivity contribution is 5.96. The van der Waals surface area contributed by atoms with Crippen LogP contribution in [-0.4, -0.2) is 86.1 Å². The Morgan fingerprint density at radius 1 is 1.32 bits per heavy atom. The van der Waals surface area contributed by atoms with Crippen LogP contribution in [0.5, 0.6) is 0 Å². The highest BCUT2D eigenvalue weighted by Gasteiger charge is 2.46. The number of fused-ring (bicyclic) bond motifs is 1. The van der Waals surface area contributed by atoms with E-state index in [1.807, 2.05) is 4.90 Å². The lowest BCUT2D eigenvalue weighted by atomic mass is 10.0. The smallest absolute Gasteiger partial charge is 0.234 e. The fourth-order valence-corrected chi connectivity index (χ4v) is 4.24. The molecule has 1 amide bonds. The molecule has 1 aromatic heterocycles. The Bertz CT molecular complexity index is 833. The molecule has 0 radical (unpaired) electrons. The van der Waals surface area contributed by atoms with Gasteiger partial charge in [0.05, 0.1) is 37.4 Å². The van der Waals surface area contributed by atoms with Crippen LogP contribution in [-0.2, 0) is 9.53 Å². The summed E-state index contributed by atoms with van der Waals surface area (Å²) in [6, 6.07) is 0. The van der Waals surface area contributed by atoms with Gasteiger partial charge in [0.15, 0.2) is 5.82 Å². The summed E-state index contributed by atoms with van der Waals surface area (Å²) in [4.78, 5) is 21.1. The summed E-state index contributed by atoms with van der Waals surface area (Å²) in [5.74, 6) is -1.98. The van der Waals surface area contributed by atoms with Crippen LogP contribution in [0.1, 0.15) is 0 Å². The first-order chi connectivity index (χ1) is 15.0. The molecule has 2 fully saturated rings. The van der Waals surface area contributed by atoms with Gasteiger partial charge in [-0.2, -0.15) is 0 Å². The number of carbonyl (C=O) groups is 1. The predicted molar refractivity (Wildman–Crippen MR) is 111 cm³/mol. The molecule has 2 saturated heterocycles. The number of nitrogens with zero attached hydrogens (tertiary/aromatic N) is 4. The molecule has 0 saturated carbocycles. The molecule has 12 heteroatoms.